The maximum Gasteiger partial charge on any atom is 0.184 e. The van der Waals surface area contributed by atoms with Crippen molar-refractivity contribution in [2.75, 3.05) is 0 Å². The summed E-state index contributed by atoms with van der Waals surface area (Å²) in [5.41, 5.74) is 2.60. The van der Waals surface area contributed by atoms with Crippen LogP contribution in [0.4, 0.5) is 0 Å². The first-order chi connectivity index (χ1) is 10.0. The van der Waals surface area contributed by atoms with Crippen LogP contribution in [0.25, 0.3) is 11.3 Å². The van der Waals surface area contributed by atoms with E-state index in [1.54, 1.807) is 6.07 Å². The minimum atomic E-state index is -3.40. The van der Waals surface area contributed by atoms with Crippen molar-refractivity contribution < 1.29 is 8.42 Å². The second-order valence-electron chi connectivity index (χ2n) is 5.27. The molecule has 0 N–H and O–H groups in total. The largest absolute Gasteiger partial charge is 0.236 e. The number of aromatic nitrogens is 1. The van der Waals surface area contributed by atoms with E-state index in [1.165, 1.54) is 6.07 Å². The smallest absolute Gasteiger partial charge is 0.184 e. The van der Waals surface area contributed by atoms with Crippen molar-refractivity contribution in [1.82, 2.24) is 4.98 Å². The highest BCUT2D eigenvalue weighted by Gasteiger charge is 2.38. The van der Waals surface area contributed by atoms with Gasteiger partial charge in [0.1, 0.15) is 11.0 Å². The highest BCUT2D eigenvalue weighted by molar-refractivity contribution is 7.92. The standard InChI is InChI=1S/C16H14N2O2S/c1-11-2-4-12(5-3-11)14-8-9-16(15(10-17)18-14)21(19,20)13-6-7-13/h2-5,8-9,13H,6-7H2,1H3. The Balaban J connectivity index is 2.08. The Bertz CT molecular complexity index is 830. The molecular formula is C16H14N2O2S. The topological polar surface area (TPSA) is 70.8 Å². The summed E-state index contributed by atoms with van der Waals surface area (Å²) in [7, 11) is -3.40. The third-order valence-electron chi connectivity index (χ3n) is 3.58. The van der Waals surface area contributed by atoms with Gasteiger partial charge in [-0.2, -0.15) is 5.26 Å². The Kier molecular flexibility index (Phi) is 3.26. The molecule has 2 aromatic rings. The maximum atomic E-state index is 12.3. The molecule has 5 heteroatoms. The number of hydrogen-bond donors (Lipinski definition) is 0. The molecule has 1 aliphatic carbocycles. The zero-order valence-electron chi connectivity index (χ0n) is 11.6. The lowest BCUT2D eigenvalue weighted by molar-refractivity contribution is 0.594. The van der Waals surface area contributed by atoms with Crippen molar-refractivity contribution in [3.05, 3.63) is 47.7 Å². The number of benzene rings is 1. The molecule has 1 saturated carbocycles. The molecule has 1 fully saturated rings. The number of nitriles is 1. The van der Waals surface area contributed by atoms with Crippen molar-refractivity contribution in [3.8, 4) is 17.3 Å². The van der Waals surface area contributed by atoms with Gasteiger partial charge in [-0.3, -0.25) is 0 Å². The zero-order chi connectivity index (χ0) is 15.0. The molecule has 0 bridgehead atoms. The van der Waals surface area contributed by atoms with E-state index in [0.717, 1.165) is 11.1 Å². The van der Waals surface area contributed by atoms with Gasteiger partial charge in [0.25, 0.3) is 0 Å². The lowest BCUT2D eigenvalue weighted by Gasteiger charge is -2.07. The van der Waals surface area contributed by atoms with E-state index in [0.29, 0.717) is 18.5 Å². The first kappa shape index (κ1) is 13.8. The van der Waals surface area contributed by atoms with E-state index in [-0.39, 0.29) is 15.8 Å². The molecule has 0 amide bonds. The average molecular weight is 298 g/mol. The molecule has 1 aromatic heterocycles. The van der Waals surface area contributed by atoms with Crippen LogP contribution in [0.5, 0.6) is 0 Å². The van der Waals surface area contributed by atoms with Crippen molar-refractivity contribution in [1.29, 1.82) is 5.26 Å². The summed E-state index contributed by atoms with van der Waals surface area (Å²) >= 11 is 0. The lowest BCUT2D eigenvalue weighted by atomic mass is 10.1. The van der Waals surface area contributed by atoms with Gasteiger partial charge in [0.2, 0.25) is 0 Å². The number of sulfone groups is 1. The predicted molar refractivity (Wildman–Crippen MR) is 79.3 cm³/mol. The first-order valence-corrected chi connectivity index (χ1v) is 8.29. The van der Waals surface area contributed by atoms with E-state index >= 15 is 0 Å². The number of pyridine rings is 1. The monoisotopic (exact) mass is 298 g/mol. The minimum Gasteiger partial charge on any atom is -0.236 e. The van der Waals surface area contributed by atoms with Gasteiger partial charge in [0, 0.05) is 5.56 Å². The van der Waals surface area contributed by atoms with Gasteiger partial charge in [0.05, 0.1) is 10.9 Å². The molecule has 0 spiro atoms. The third kappa shape index (κ3) is 2.55. The van der Waals surface area contributed by atoms with Gasteiger partial charge in [-0.05, 0) is 31.9 Å². The van der Waals surface area contributed by atoms with Crippen LogP contribution < -0.4 is 0 Å². The molecule has 1 aromatic carbocycles. The molecule has 106 valence electrons. The van der Waals surface area contributed by atoms with Gasteiger partial charge in [-0.15, -0.1) is 0 Å². The fourth-order valence-electron chi connectivity index (χ4n) is 2.20. The third-order valence-corrected chi connectivity index (χ3v) is 5.87. The van der Waals surface area contributed by atoms with E-state index < -0.39 is 9.84 Å². The predicted octanol–water partition coefficient (Wildman–Crippen LogP) is 2.86. The number of aryl methyl sites for hydroxylation is 1. The highest BCUT2D eigenvalue weighted by atomic mass is 32.2. The summed E-state index contributed by atoms with van der Waals surface area (Å²) in [6.45, 7) is 1.99. The van der Waals surface area contributed by atoms with E-state index in [4.69, 9.17) is 0 Å². The van der Waals surface area contributed by atoms with E-state index in [1.807, 2.05) is 37.3 Å². The summed E-state index contributed by atoms with van der Waals surface area (Å²) < 4.78 is 24.6. The van der Waals surface area contributed by atoms with Gasteiger partial charge in [-0.1, -0.05) is 29.8 Å². The molecule has 0 radical (unpaired) electrons. The maximum absolute atomic E-state index is 12.3. The number of hydrogen-bond acceptors (Lipinski definition) is 4. The van der Waals surface area contributed by atoms with E-state index in [2.05, 4.69) is 4.98 Å². The van der Waals surface area contributed by atoms with Crippen molar-refractivity contribution in [3.63, 3.8) is 0 Å². The Morgan fingerprint density at radius 2 is 1.81 bits per heavy atom. The van der Waals surface area contributed by atoms with Gasteiger partial charge < -0.3 is 0 Å². The lowest BCUT2D eigenvalue weighted by Crippen LogP contribution is -2.10. The van der Waals surface area contributed by atoms with Crippen LogP contribution >= 0.6 is 0 Å². The average Bonchev–Trinajstić information content (AvgIpc) is 3.32. The van der Waals surface area contributed by atoms with Crippen LogP contribution in [0.2, 0.25) is 0 Å². The molecule has 0 unspecified atom stereocenters. The first-order valence-electron chi connectivity index (χ1n) is 6.74. The van der Waals surface area contributed by atoms with Gasteiger partial charge in [0.15, 0.2) is 15.5 Å². The van der Waals surface area contributed by atoms with Gasteiger partial charge >= 0.3 is 0 Å². The number of nitrogens with zero attached hydrogens (tertiary/aromatic N) is 2. The molecular weight excluding hydrogens is 284 g/mol. The van der Waals surface area contributed by atoms with Crippen LogP contribution in [0, 0.1) is 18.3 Å². The molecule has 0 atom stereocenters. The van der Waals surface area contributed by atoms with Crippen LogP contribution in [0.3, 0.4) is 0 Å². The molecule has 4 nitrogen and oxygen atoms in total. The van der Waals surface area contributed by atoms with Crippen molar-refractivity contribution >= 4 is 9.84 Å². The fourth-order valence-corrected chi connectivity index (χ4v) is 3.93. The zero-order valence-corrected chi connectivity index (χ0v) is 12.4. The molecule has 0 aliphatic heterocycles. The van der Waals surface area contributed by atoms with Crippen LogP contribution in [0.15, 0.2) is 41.3 Å². The number of rotatable bonds is 3. The van der Waals surface area contributed by atoms with Crippen LogP contribution in [-0.2, 0) is 9.84 Å². The minimum absolute atomic E-state index is 0.0139. The molecule has 0 saturated heterocycles. The van der Waals surface area contributed by atoms with Crippen molar-refractivity contribution in [2.24, 2.45) is 0 Å². The molecule has 1 aliphatic rings. The molecule has 1 heterocycles. The summed E-state index contributed by atoms with van der Waals surface area (Å²) in [6.07, 6.45) is 1.35. The second-order valence-corrected chi connectivity index (χ2v) is 7.46. The Hall–Kier alpha value is -2.19. The quantitative estimate of drug-likeness (QED) is 0.873. The summed E-state index contributed by atoms with van der Waals surface area (Å²) in [5, 5.41) is 8.89. The Morgan fingerprint density at radius 1 is 1.14 bits per heavy atom. The Morgan fingerprint density at radius 3 is 2.38 bits per heavy atom. The van der Waals surface area contributed by atoms with Crippen LogP contribution in [-0.4, -0.2) is 18.7 Å². The SMILES string of the molecule is Cc1ccc(-c2ccc(S(=O)(=O)C3CC3)c(C#N)n2)cc1. The summed E-state index contributed by atoms with van der Waals surface area (Å²) in [5.74, 6) is 0. The molecule has 21 heavy (non-hydrogen) atoms. The van der Waals surface area contributed by atoms with Crippen LogP contribution in [0.1, 0.15) is 24.1 Å². The summed E-state index contributed by atoms with van der Waals surface area (Å²) in [4.78, 5) is 4.29. The Labute approximate surface area is 124 Å². The summed E-state index contributed by atoms with van der Waals surface area (Å²) in [6, 6.07) is 12.8. The van der Waals surface area contributed by atoms with Gasteiger partial charge in [-0.25, -0.2) is 13.4 Å². The molecule has 3 rings (SSSR count). The second kappa shape index (κ2) is 4.97. The highest BCUT2D eigenvalue weighted by Crippen LogP contribution is 2.35. The fraction of sp³-hybridized carbons (Fsp3) is 0.250. The normalized spacial score (nSPS) is 14.7. The van der Waals surface area contributed by atoms with Crippen molar-refractivity contribution in [2.45, 2.75) is 29.9 Å². The van der Waals surface area contributed by atoms with E-state index in [9.17, 15) is 13.7 Å².